The molecule has 1 aliphatic heterocycles. The Kier molecular flexibility index (Phi) is 14.4. The van der Waals surface area contributed by atoms with Crippen LogP contribution in [0.15, 0.2) is 5.16 Å². The van der Waals surface area contributed by atoms with Crippen LogP contribution in [0.25, 0.3) is 0 Å². The lowest BCUT2D eigenvalue weighted by molar-refractivity contribution is -0.205. The third kappa shape index (κ3) is 12.2. The molecule has 1 aliphatic rings. The molecule has 6 atom stereocenters. The van der Waals surface area contributed by atoms with Crippen LogP contribution < -0.4 is 0 Å². The maximum atomic E-state index is 11.0. The van der Waals surface area contributed by atoms with Gasteiger partial charge in [-0.15, -0.1) is 0 Å². The van der Waals surface area contributed by atoms with Crippen molar-refractivity contribution in [2.24, 2.45) is 5.16 Å². The Morgan fingerprint density at radius 2 is 1.59 bits per heavy atom. The molecule has 1 fully saturated rings. The number of ether oxygens (including phenoxy) is 1. The quantitative estimate of drug-likeness (QED) is 0.0577. The van der Waals surface area contributed by atoms with Gasteiger partial charge in [0.25, 0.3) is 10.4 Å². The van der Waals surface area contributed by atoms with E-state index in [1.807, 2.05) is 0 Å². The smallest absolute Gasteiger partial charge is 0.284 e. The van der Waals surface area contributed by atoms with E-state index in [0.717, 1.165) is 62.5 Å². The Morgan fingerprint density at radius 1 is 1.03 bits per heavy atom. The van der Waals surface area contributed by atoms with Crippen LogP contribution in [0.4, 0.5) is 0 Å². The van der Waals surface area contributed by atoms with Crippen LogP contribution >= 0.6 is 11.8 Å². The molecule has 0 aromatic carbocycles. The van der Waals surface area contributed by atoms with E-state index in [1.54, 1.807) is 6.26 Å². The number of unbranched alkanes of at least 4 members (excludes halogenated alkanes) is 7. The third-order valence-electron chi connectivity index (χ3n) is 4.90. The van der Waals surface area contributed by atoms with Crippen LogP contribution in [0, 0.1) is 0 Å². The van der Waals surface area contributed by atoms with Gasteiger partial charge in [-0.3, -0.25) is 8.49 Å². The molecule has 0 saturated carbocycles. The summed E-state index contributed by atoms with van der Waals surface area (Å²) in [5.41, 5.74) is -1.15. The number of hydrogen-bond donors (Lipinski definition) is 4. The van der Waals surface area contributed by atoms with Crippen LogP contribution in [-0.4, -0.2) is 91.1 Å². The second kappa shape index (κ2) is 15.6. The molecule has 0 aliphatic carbocycles. The van der Waals surface area contributed by atoms with Crippen molar-refractivity contribution in [3.05, 3.63) is 0 Å². The van der Waals surface area contributed by atoms with Gasteiger partial charge >= 0.3 is 0 Å². The van der Waals surface area contributed by atoms with Gasteiger partial charge in [0.2, 0.25) is 0 Å². The van der Waals surface area contributed by atoms with Gasteiger partial charge in [-0.25, -0.2) is 0 Å². The van der Waals surface area contributed by atoms with Crippen molar-refractivity contribution in [3.8, 4) is 0 Å². The first-order chi connectivity index (χ1) is 15.0. The highest BCUT2D eigenvalue weighted by molar-refractivity contribution is 8.14. The van der Waals surface area contributed by atoms with Crippen molar-refractivity contribution >= 4 is 38.0 Å². The van der Waals surface area contributed by atoms with E-state index in [2.05, 4.69) is 9.44 Å². The fourth-order valence-corrected chi connectivity index (χ4v) is 5.10. The van der Waals surface area contributed by atoms with Gasteiger partial charge in [-0.2, -0.15) is 8.42 Å². The molecule has 1 unspecified atom stereocenters. The molecule has 4 N–H and O–H groups in total. The third-order valence-corrected chi connectivity index (χ3v) is 7.20. The van der Waals surface area contributed by atoms with Crippen LogP contribution in [0.3, 0.4) is 0 Å². The molecule has 1 saturated heterocycles. The molecule has 0 amide bonds. The molecule has 11 nitrogen and oxygen atoms in total. The first-order valence-electron chi connectivity index (χ1n) is 10.5. The zero-order valence-electron chi connectivity index (χ0n) is 18.1. The largest absolute Gasteiger partial charge is 0.714 e. The fourth-order valence-electron chi connectivity index (χ4n) is 3.15. The minimum Gasteiger partial charge on any atom is -0.714 e. The lowest BCUT2D eigenvalue weighted by Crippen LogP contribution is -2.57. The number of thioether (sulfide) groups is 1. The monoisotopic (exact) mass is 520 g/mol. The average Bonchev–Trinajstić information content (AvgIpc) is 2.72. The maximum absolute atomic E-state index is 11.0. The van der Waals surface area contributed by atoms with Crippen molar-refractivity contribution in [1.82, 2.24) is 0 Å². The molecule has 0 radical (unpaired) electrons. The Labute approximate surface area is 196 Å². The minimum atomic E-state index is -5.07. The zero-order valence-corrected chi connectivity index (χ0v) is 20.5. The van der Waals surface area contributed by atoms with Gasteiger partial charge < -0.3 is 29.7 Å². The molecule has 0 aromatic heterocycles. The summed E-state index contributed by atoms with van der Waals surface area (Å²) in [6, 6.07) is 0. The van der Waals surface area contributed by atoms with Gasteiger partial charge in [0.1, 0.15) is 34.9 Å². The van der Waals surface area contributed by atoms with Crippen molar-refractivity contribution in [3.63, 3.8) is 0 Å². The van der Waals surface area contributed by atoms with E-state index in [-0.39, 0.29) is 11.5 Å². The molecule has 14 heteroatoms. The topological polar surface area (TPSA) is 186 Å². The Morgan fingerprint density at radius 3 is 2.12 bits per heavy atom. The molecule has 190 valence electrons. The Hall–Kier alpha value is -0.320. The summed E-state index contributed by atoms with van der Waals surface area (Å²) in [5.74, 6) is 0.732. The number of aliphatic hydroxyl groups is 4. The number of nitrogens with zero attached hydrogens (tertiary/aromatic N) is 1. The summed E-state index contributed by atoms with van der Waals surface area (Å²) in [6.45, 7) is -0.601. The van der Waals surface area contributed by atoms with Crippen molar-refractivity contribution in [2.75, 3.05) is 18.6 Å². The molecule has 0 aromatic rings. The van der Waals surface area contributed by atoms with E-state index in [0.29, 0.717) is 6.42 Å². The zero-order chi connectivity index (χ0) is 24.1. The van der Waals surface area contributed by atoms with Crippen LogP contribution in [0.1, 0.15) is 57.8 Å². The summed E-state index contributed by atoms with van der Waals surface area (Å²) in [7, 11) is -5.81. The summed E-state index contributed by atoms with van der Waals surface area (Å²) in [4.78, 5) is 0. The van der Waals surface area contributed by atoms with E-state index < -0.39 is 57.7 Å². The van der Waals surface area contributed by atoms with Gasteiger partial charge in [-0.05, 0) is 19.3 Å². The maximum Gasteiger partial charge on any atom is 0.284 e. The fraction of sp³-hybridized carbons (Fsp3) is 0.944. The predicted molar refractivity (Wildman–Crippen MR) is 120 cm³/mol. The second-order valence-electron chi connectivity index (χ2n) is 7.64. The number of rotatable bonds is 15. The van der Waals surface area contributed by atoms with E-state index in [4.69, 9.17) is 4.74 Å². The van der Waals surface area contributed by atoms with Crippen molar-refractivity contribution < 1.29 is 46.6 Å². The summed E-state index contributed by atoms with van der Waals surface area (Å²) in [5, 5.41) is 42.5. The number of aliphatic hydroxyl groups excluding tert-OH is 4. The number of hydrogen-bond acceptors (Lipinski definition) is 12. The SMILES string of the molecule is CS(=O)CCCCCCCCCC/C(=N\OS(=O)(=O)[O-])S[C@@H]1O[C@H](CO)[C@@H](O)[C@H](O)[C@H]1O. The highest BCUT2D eigenvalue weighted by Crippen LogP contribution is 2.30. The predicted octanol–water partition coefficient (Wildman–Crippen LogP) is 0.199. The highest BCUT2D eigenvalue weighted by Gasteiger charge is 2.44. The number of oxime groups is 1. The van der Waals surface area contributed by atoms with Gasteiger partial charge in [0, 0.05) is 22.8 Å². The van der Waals surface area contributed by atoms with E-state index in [1.165, 1.54) is 0 Å². The molecule has 1 heterocycles. The lowest BCUT2D eigenvalue weighted by Gasteiger charge is -2.39. The first-order valence-corrected chi connectivity index (χ1v) is 14.5. The lowest BCUT2D eigenvalue weighted by atomic mass is 10.0. The van der Waals surface area contributed by atoms with Crippen molar-refractivity contribution in [2.45, 2.75) is 87.6 Å². The Balaban J connectivity index is 2.48. The molecule has 1 rings (SSSR count). The highest BCUT2D eigenvalue weighted by atomic mass is 32.3. The Bertz CT molecular complexity index is 688. The summed E-state index contributed by atoms with van der Waals surface area (Å²) in [6.07, 6.45) is 3.74. The molecular weight excluding hydrogens is 486 g/mol. The van der Waals surface area contributed by atoms with Crippen LogP contribution in [0.2, 0.25) is 0 Å². The molecule has 0 bridgehead atoms. The second-order valence-corrected chi connectivity index (χ2v) is 11.3. The van der Waals surface area contributed by atoms with Crippen LogP contribution in [0.5, 0.6) is 0 Å². The van der Waals surface area contributed by atoms with E-state index >= 15 is 0 Å². The van der Waals surface area contributed by atoms with E-state index in [9.17, 15) is 37.6 Å². The van der Waals surface area contributed by atoms with Gasteiger partial charge in [-0.1, -0.05) is 55.4 Å². The van der Waals surface area contributed by atoms with Gasteiger partial charge in [0.05, 0.1) is 6.61 Å². The standard InChI is InChI=1S/C18H35NO10S3/c1-31(24)11-9-7-5-3-2-4-6-8-10-14(19-29-32(25,26)27)30-18-17(23)16(22)15(21)13(12-20)28-18/h13,15-18,20-23H,2-12H2,1H3,(H,25,26,27)/p-1/b19-14+/t13-,15-,16+,17-,18+,31?/m1/s1. The van der Waals surface area contributed by atoms with Gasteiger partial charge in [0.15, 0.2) is 0 Å². The normalized spacial score (nSPS) is 27.9. The molecule has 32 heavy (non-hydrogen) atoms. The van der Waals surface area contributed by atoms with Crippen molar-refractivity contribution in [1.29, 1.82) is 0 Å². The molecule has 0 spiro atoms. The minimum absolute atomic E-state index is 0.0707. The average molecular weight is 521 g/mol. The summed E-state index contributed by atoms with van der Waals surface area (Å²) < 4.78 is 52.6. The molecular formula is C18H34NO10S3-. The summed E-state index contributed by atoms with van der Waals surface area (Å²) >= 11 is 0.761. The first kappa shape index (κ1) is 29.7. The van der Waals surface area contributed by atoms with Crippen LogP contribution in [-0.2, 0) is 30.2 Å².